The van der Waals surface area contributed by atoms with E-state index in [1.807, 2.05) is 19.9 Å². The van der Waals surface area contributed by atoms with Gasteiger partial charge in [0.2, 0.25) is 0 Å². The number of carbonyl (C=O) groups is 2. The van der Waals surface area contributed by atoms with Crippen LogP contribution in [-0.2, 0) is 27.1 Å². The van der Waals surface area contributed by atoms with Crippen molar-refractivity contribution in [1.82, 2.24) is 0 Å². The molecule has 1 heterocycles. The molecule has 0 aromatic heterocycles. The minimum Gasteiger partial charge on any atom is -0.460 e. The van der Waals surface area contributed by atoms with Crippen molar-refractivity contribution in [3.05, 3.63) is 82.6 Å². The highest BCUT2D eigenvalue weighted by Gasteiger charge is 2.48. The Bertz CT molecular complexity index is 1180. The molecule has 2 aromatic rings. The van der Waals surface area contributed by atoms with E-state index in [1.165, 1.54) is 18.2 Å². The van der Waals surface area contributed by atoms with Crippen molar-refractivity contribution < 1.29 is 27.5 Å². The molecule has 0 saturated heterocycles. The number of ether oxygens (including phenoxy) is 1. The summed E-state index contributed by atoms with van der Waals surface area (Å²) in [4.78, 5) is 31.2. The van der Waals surface area contributed by atoms with Gasteiger partial charge < -0.3 is 4.74 Å². The molecule has 178 valence electrons. The van der Waals surface area contributed by atoms with E-state index >= 15 is 0 Å². The molecule has 0 fully saturated rings. The topological polar surface area (TPSA) is 55.7 Å². The van der Waals surface area contributed by atoms with Crippen molar-refractivity contribution in [2.75, 3.05) is 0 Å². The molecular weight excluding hydrogens is 443 g/mol. The third-order valence-corrected chi connectivity index (χ3v) is 6.38. The lowest BCUT2D eigenvalue weighted by Gasteiger charge is -2.39. The lowest BCUT2D eigenvalue weighted by molar-refractivity contribution is -0.148. The second-order valence-corrected chi connectivity index (χ2v) is 9.69. The number of rotatable bonds is 4. The van der Waals surface area contributed by atoms with Gasteiger partial charge >= 0.3 is 12.1 Å². The monoisotopic (exact) mass is 469 g/mol. The van der Waals surface area contributed by atoms with Gasteiger partial charge in [-0.3, -0.25) is 14.6 Å². The molecule has 0 radical (unpaired) electrons. The van der Waals surface area contributed by atoms with Crippen LogP contribution in [0, 0.1) is 11.3 Å². The third kappa shape index (κ3) is 4.69. The minimum absolute atomic E-state index is 0.0238. The highest BCUT2D eigenvalue weighted by atomic mass is 19.4. The number of alkyl halides is 3. The van der Waals surface area contributed by atoms with E-state index in [9.17, 15) is 22.8 Å². The fraction of sp³-hybridized carbons (Fsp3) is 0.370. The summed E-state index contributed by atoms with van der Waals surface area (Å²) in [5.41, 5.74) is 0.435. The molecular formula is C27H26F3NO3. The average Bonchev–Trinajstić information content (AvgIpc) is 2.75. The lowest BCUT2D eigenvalue weighted by Crippen LogP contribution is -2.40. The molecule has 1 aliphatic heterocycles. The molecule has 0 spiro atoms. The molecule has 1 unspecified atom stereocenters. The first kappa shape index (κ1) is 23.9. The van der Waals surface area contributed by atoms with Gasteiger partial charge in [0, 0.05) is 29.3 Å². The van der Waals surface area contributed by atoms with Crippen LogP contribution in [0.5, 0.6) is 0 Å². The predicted octanol–water partition coefficient (Wildman–Crippen LogP) is 6.27. The Balaban J connectivity index is 1.81. The van der Waals surface area contributed by atoms with Gasteiger partial charge in [-0.05, 0) is 36.0 Å². The maximum atomic E-state index is 14.0. The standard InChI is InChI=1S/C27H26F3NO3/c1-16-22(25(33)34-15-17-9-5-4-6-10-17)23(18-11-7-8-12-19(18)27(28,29)30)24-20(31-16)13-26(2,3)14-21(24)32/h4-12,22-23H,13-15H2,1-3H3/t22?,23-/m1/s1. The van der Waals surface area contributed by atoms with E-state index in [2.05, 4.69) is 4.99 Å². The first-order valence-electron chi connectivity index (χ1n) is 11.2. The average molecular weight is 470 g/mol. The molecule has 4 rings (SSSR count). The maximum absolute atomic E-state index is 14.0. The van der Waals surface area contributed by atoms with Crippen molar-refractivity contribution >= 4 is 17.5 Å². The molecule has 0 saturated carbocycles. The van der Waals surface area contributed by atoms with E-state index in [4.69, 9.17) is 4.74 Å². The van der Waals surface area contributed by atoms with Gasteiger partial charge in [-0.2, -0.15) is 13.2 Å². The van der Waals surface area contributed by atoms with Crippen LogP contribution in [-0.4, -0.2) is 17.5 Å². The second kappa shape index (κ2) is 8.85. The van der Waals surface area contributed by atoms with E-state index in [1.54, 1.807) is 31.2 Å². The van der Waals surface area contributed by atoms with Gasteiger partial charge in [-0.25, -0.2) is 0 Å². The molecule has 0 bridgehead atoms. The zero-order chi connectivity index (χ0) is 24.7. The van der Waals surface area contributed by atoms with Gasteiger partial charge in [-0.15, -0.1) is 0 Å². The molecule has 4 nitrogen and oxygen atoms in total. The smallest absolute Gasteiger partial charge is 0.416 e. The Morgan fingerprint density at radius 1 is 1.06 bits per heavy atom. The van der Waals surface area contributed by atoms with Crippen LogP contribution in [0.25, 0.3) is 0 Å². The Labute approximate surface area is 196 Å². The molecule has 2 atom stereocenters. The summed E-state index contributed by atoms with van der Waals surface area (Å²) >= 11 is 0. The summed E-state index contributed by atoms with van der Waals surface area (Å²) < 4.78 is 47.5. The number of allylic oxidation sites excluding steroid dienone is 2. The SMILES string of the molecule is CC1=NC2=C(C(=O)CC(C)(C)C2)[C@H](c2ccccc2C(F)(F)F)C1C(=O)OCc1ccccc1. The molecule has 2 aromatic carbocycles. The fourth-order valence-electron chi connectivity index (χ4n) is 4.93. The number of Topliss-reactive ketones (excluding diaryl/α,β-unsaturated/α-hetero) is 1. The van der Waals surface area contributed by atoms with E-state index in [0.717, 1.165) is 11.6 Å². The number of hydrogen-bond acceptors (Lipinski definition) is 4. The first-order chi connectivity index (χ1) is 16.0. The Morgan fingerprint density at radius 3 is 2.38 bits per heavy atom. The molecule has 2 aliphatic rings. The van der Waals surface area contributed by atoms with E-state index in [-0.39, 0.29) is 35.4 Å². The Morgan fingerprint density at radius 2 is 1.71 bits per heavy atom. The Hall–Kier alpha value is -3.22. The van der Waals surface area contributed by atoms with E-state index < -0.39 is 29.5 Å². The van der Waals surface area contributed by atoms with Crippen LogP contribution in [0.2, 0.25) is 0 Å². The number of nitrogens with zero attached hydrogens (tertiary/aromatic N) is 1. The highest BCUT2D eigenvalue weighted by Crippen LogP contribution is 2.50. The van der Waals surface area contributed by atoms with Crippen LogP contribution in [0.1, 0.15) is 56.2 Å². The van der Waals surface area contributed by atoms with Gasteiger partial charge in [-0.1, -0.05) is 62.4 Å². The van der Waals surface area contributed by atoms with Crippen LogP contribution in [0.4, 0.5) is 13.2 Å². The van der Waals surface area contributed by atoms with Gasteiger partial charge in [0.25, 0.3) is 0 Å². The van der Waals surface area contributed by atoms with Gasteiger partial charge in [0.15, 0.2) is 5.78 Å². The quantitative estimate of drug-likeness (QED) is 0.496. The van der Waals surface area contributed by atoms with Gasteiger partial charge in [0.1, 0.15) is 12.5 Å². The van der Waals surface area contributed by atoms with Crippen LogP contribution in [0.15, 0.2) is 70.9 Å². The summed E-state index contributed by atoms with van der Waals surface area (Å²) in [6.07, 6.45) is -4.02. The molecule has 7 heteroatoms. The van der Waals surface area contributed by atoms with Crippen LogP contribution in [0.3, 0.4) is 0 Å². The van der Waals surface area contributed by atoms with Crippen molar-refractivity contribution in [3.63, 3.8) is 0 Å². The summed E-state index contributed by atoms with van der Waals surface area (Å²) in [6, 6.07) is 14.2. The minimum atomic E-state index is -4.64. The third-order valence-electron chi connectivity index (χ3n) is 6.38. The number of ketones is 1. The van der Waals surface area contributed by atoms with Gasteiger partial charge in [0.05, 0.1) is 5.56 Å². The van der Waals surface area contributed by atoms with Crippen LogP contribution < -0.4 is 0 Å². The van der Waals surface area contributed by atoms with Crippen molar-refractivity contribution in [3.8, 4) is 0 Å². The summed E-state index contributed by atoms with van der Waals surface area (Å²) in [6.45, 7) is 5.45. The predicted molar refractivity (Wildman–Crippen MR) is 122 cm³/mol. The number of halogens is 3. The highest BCUT2D eigenvalue weighted by molar-refractivity contribution is 6.09. The molecule has 0 amide bonds. The number of hydrogen-bond donors (Lipinski definition) is 0. The van der Waals surface area contributed by atoms with Crippen molar-refractivity contribution in [2.24, 2.45) is 16.3 Å². The fourth-order valence-corrected chi connectivity index (χ4v) is 4.93. The molecule has 0 N–H and O–H groups in total. The zero-order valence-corrected chi connectivity index (χ0v) is 19.3. The summed E-state index contributed by atoms with van der Waals surface area (Å²) in [5, 5.41) is 0. The first-order valence-corrected chi connectivity index (χ1v) is 11.2. The number of benzene rings is 2. The number of aliphatic imine (C=N–C) groups is 1. The van der Waals surface area contributed by atoms with Crippen molar-refractivity contribution in [2.45, 2.75) is 52.3 Å². The summed E-state index contributed by atoms with van der Waals surface area (Å²) in [7, 11) is 0. The lowest BCUT2D eigenvalue weighted by atomic mass is 9.66. The van der Waals surface area contributed by atoms with Crippen LogP contribution >= 0.6 is 0 Å². The molecule has 34 heavy (non-hydrogen) atoms. The van der Waals surface area contributed by atoms with E-state index in [0.29, 0.717) is 17.8 Å². The zero-order valence-electron chi connectivity index (χ0n) is 19.3. The molecule has 1 aliphatic carbocycles. The number of esters is 1. The normalized spacial score (nSPS) is 22.2. The summed E-state index contributed by atoms with van der Waals surface area (Å²) in [5.74, 6) is -3.21. The second-order valence-electron chi connectivity index (χ2n) is 9.69. The largest absolute Gasteiger partial charge is 0.460 e. The Kier molecular flexibility index (Phi) is 6.23. The number of carbonyl (C=O) groups excluding carboxylic acids is 2. The maximum Gasteiger partial charge on any atom is 0.416 e. The van der Waals surface area contributed by atoms with Crippen molar-refractivity contribution in [1.29, 1.82) is 0 Å².